The lowest BCUT2D eigenvalue weighted by Gasteiger charge is -2.07. The van der Waals surface area contributed by atoms with Gasteiger partial charge in [0, 0.05) is 9.35 Å². The Morgan fingerprint density at radius 1 is 1.00 bits per heavy atom. The van der Waals surface area contributed by atoms with E-state index in [2.05, 4.69) is 26.6 Å². The number of benzene rings is 2. The minimum absolute atomic E-state index is 0.135. The Morgan fingerprint density at radius 2 is 1.73 bits per heavy atom. The van der Waals surface area contributed by atoms with Gasteiger partial charge in [-0.15, -0.1) is 11.3 Å². The van der Waals surface area contributed by atoms with Crippen molar-refractivity contribution in [2.24, 2.45) is 0 Å². The molecule has 3 rings (SSSR count). The number of carbonyl (C=O) groups is 2. The number of para-hydroxylation sites is 1. The molecule has 7 heteroatoms. The zero-order chi connectivity index (χ0) is 18.5. The summed E-state index contributed by atoms with van der Waals surface area (Å²) in [6.45, 7) is -0.135. The van der Waals surface area contributed by atoms with Crippen molar-refractivity contribution in [2.75, 3.05) is 11.9 Å². The molecule has 0 saturated carbocycles. The third-order valence-corrected chi connectivity index (χ3v) is 5.34. The molecular weight excluding hydrogens is 419 g/mol. The molecule has 0 aliphatic heterocycles. The summed E-state index contributed by atoms with van der Waals surface area (Å²) < 4.78 is 13.8. The largest absolute Gasteiger partial charge is 0.342 e. The van der Waals surface area contributed by atoms with E-state index in [4.69, 9.17) is 0 Å². The summed E-state index contributed by atoms with van der Waals surface area (Å²) in [4.78, 5) is 25.5. The second-order valence-corrected chi connectivity index (χ2v) is 7.32. The number of halogens is 2. The number of anilines is 1. The maximum absolute atomic E-state index is 13.0. The number of carbonyl (C=O) groups excluding carboxylic acids is 2. The quantitative estimate of drug-likeness (QED) is 0.614. The van der Waals surface area contributed by atoms with Crippen molar-refractivity contribution in [2.45, 2.75) is 0 Å². The van der Waals surface area contributed by atoms with E-state index in [0.717, 1.165) is 14.9 Å². The minimum Gasteiger partial charge on any atom is -0.342 e. The van der Waals surface area contributed by atoms with Gasteiger partial charge in [-0.25, -0.2) is 4.39 Å². The predicted molar refractivity (Wildman–Crippen MR) is 105 cm³/mol. The average Bonchev–Trinajstić information content (AvgIpc) is 3.12. The van der Waals surface area contributed by atoms with Crippen LogP contribution in [0.1, 0.15) is 9.67 Å². The van der Waals surface area contributed by atoms with E-state index < -0.39 is 0 Å². The summed E-state index contributed by atoms with van der Waals surface area (Å²) in [5, 5.41) is 5.32. The summed E-state index contributed by atoms with van der Waals surface area (Å²) in [7, 11) is 0. The van der Waals surface area contributed by atoms with Crippen LogP contribution in [0, 0.1) is 5.82 Å². The van der Waals surface area contributed by atoms with Gasteiger partial charge in [0.05, 0.1) is 17.1 Å². The molecule has 0 radical (unpaired) electrons. The number of nitrogens with one attached hydrogen (secondary N) is 2. The summed E-state index contributed by atoms with van der Waals surface area (Å²) in [5.41, 5.74) is 1.48. The van der Waals surface area contributed by atoms with Crippen LogP contribution < -0.4 is 10.6 Å². The first-order valence-electron chi connectivity index (χ1n) is 7.71. The van der Waals surface area contributed by atoms with Gasteiger partial charge in [0.1, 0.15) is 5.82 Å². The number of rotatable bonds is 5. The first-order chi connectivity index (χ1) is 12.5. The van der Waals surface area contributed by atoms with Gasteiger partial charge >= 0.3 is 0 Å². The highest BCUT2D eigenvalue weighted by molar-refractivity contribution is 9.10. The van der Waals surface area contributed by atoms with Crippen LogP contribution in [0.25, 0.3) is 10.4 Å². The third-order valence-electron chi connectivity index (χ3n) is 3.52. The van der Waals surface area contributed by atoms with Crippen LogP contribution in [-0.2, 0) is 4.79 Å². The van der Waals surface area contributed by atoms with Crippen molar-refractivity contribution in [3.05, 3.63) is 75.8 Å². The summed E-state index contributed by atoms with van der Waals surface area (Å²) in [6.07, 6.45) is 0. The fourth-order valence-electron chi connectivity index (χ4n) is 2.23. The fourth-order valence-corrected chi connectivity index (χ4v) is 3.55. The van der Waals surface area contributed by atoms with E-state index in [0.29, 0.717) is 10.6 Å². The zero-order valence-electron chi connectivity index (χ0n) is 13.5. The van der Waals surface area contributed by atoms with Gasteiger partial charge in [-0.3, -0.25) is 9.59 Å². The second kappa shape index (κ2) is 8.25. The molecule has 0 atom stereocenters. The van der Waals surface area contributed by atoms with Crippen LogP contribution in [0.4, 0.5) is 10.1 Å². The van der Waals surface area contributed by atoms with Gasteiger partial charge in [0.25, 0.3) is 5.91 Å². The van der Waals surface area contributed by atoms with Crippen LogP contribution in [0.15, 0.2) is 65.1 Å². The highest BCUT2D eigenvalue weighted by Crippen LogP contribution is 2.28. The van der Waals surface area contributed by atoms with Crippen LogP contribution in [0.2, 0.25) is 0 Å². The molecule has 2 amide bonds. The molecular formula is C19H14BrFN2O2S. The molecule has 2 aromatic carbocycles. The van der Waals surface area contributed by atoms with Gasteiger partial charge in [0.2, 0.25) is 5.91 Å². The first-order valence-corrected chi connectivity index (χ1v) is 9.32. The highest BCUT2D eigenvalue weighted by atomic mass is 79.9. The van der Waals surface area contributed by atoms with Gasteiger partial charge in [-0.1, -0.05) is 24.3 Å². The van der Waals surface area contributed by atoms with Gasteiger partial charge in [0.15, 0.2) is 0 Å². The minimum atomic E-state index is -0.328. The molecule has 0 unspecified atom stereocenters. The molecule has 4 nitrogen and oxygen atoms in total. The Hall–Kier alpha value is -2.51. The Labute approximate surface area is 162 Å². The molecule has 3 aromatic rings. The smallest absolute Gasteiger partial charge is 0.261 e. The van der Waals surface area contributed by atoms with E-state index in [1.165, 1.54) is 23.5 Å². The number of thiophene rings is 1. The maximum Gasteiger partial charge on any atom is 0.261 e. The van der Waals surface area contributed by atoms with Gasteiger partial charge < -0.3 is 10.6 Å². The van der Waals surface area contributed by atoms with Crippen LogP contribution in [0.5, 0.6) is 0 Å². The summed E-state index contributed by atoms with van der Waals surface area (Å²) in [5.74, 6) is -0.953. The standard InChI is InChI=1S/C19H14BrFN2O2S/c20-14-3-1-2-4-15(14)23-18(24)11-22-19(25)17-10-9-16(26-17)12-5-7-13(21)8-6-12/h1-10H,11H2,(H,22,25)(H,23,24). The zero-order valence-corrected chi connectivity index (χ0v) is 15.9. The van der Waals surface area contributed by atoms with E-state index in [-0.39, 0.29) is 24.2 Å². The lowest BCUT2D eigenvalue weighted by molar-refractivity contribution is -0.115. The first kappa shape index (κ1) is 18.3. The number of hydrogen-bond donors (Lipinski definition) is 2. The van der Waals surface area contributed by atoms with Crippen LogP contribution in [0.3, 0.4) is 0 Å². The second-order valence-electron chi connectivity index (χ2n) is 5.38. The van der Waals surface area contributed by atoms with E-state index in [9.17, 15) is 14.0 Å². The monoisotopic (exact) mass is 432 g/mol. The lowest BCUT2D eigenvalue weighted by atomic mass is 10.2. The Morgan fingerprint density at radius 3 is 2.46 bits per heavy atom. The molecule has 0 fully saturated rings. The van der Waals surface area contributed by atoms with Crippen molar-refractivity contribution < 1.29 is 14.0 Å². The maximum atomic E-state index is 13.0. The Bertz CT molecular complexity index is 941. The topological polar surface area (TPSA) is 58.2 Å². The summed E-state index contributed by atoms with van der Waals surface area (Å²) >= 11 is 4.63. The van der Waals surface area contributed by atoms with Crippen LogP contribution in [-0.4, -0.2) is 18.4 Å². The lowest BCUT2D eigenvalue weighted by Crippen LogP contribution is -2.32. The Balaban J connectivity index is 1.58. The number of amides is 2. The normalized spacial score (nSPS) is 10.4. The third kappa shape index (κ3) is 4.56. The van der Waals surface area contributed by atoms with E-state index in [1.54, 1.807) is 30.3 Å². The SMILES string of the molecule is O=C(CNC(=O)c1ccc(-c2ccc(F)cc2)s1)Nc1ccccc1Br. The molecule has 1 aromatic heterocycles. The number of hydrogen-bond acceptors (Lipinski definition) is 3. The molecule has 0 aliphatic carbocycles. The predicted octanol–water partition coefficient (Wildman–Crippen LogP) is 4.69. The molecule has 0 spiro atoms. The van der Waals surface area contributed by atoms with E-state index in [1.807, 2.05) is 18.2 Å². The molecule has 1 heterocycles. The van der Waals surface area contributed by atoms with Crippen molar-refractivity contribution in [3.8, 4) is 10.4 Å². The van der Waals surface area contributed by atoms with E-state index >= 15 is 0 Å². The highest BCUT2D eigenvalue weighted by Gasteiger charge is 2.12. The molecule has 132 valence electrons. The van der Waals surface area contributed by atoms with Gasteiger partial charge in [-0.2, -0.15) is 0 Å². The van der Waals surface area contributed by atoms with Gasteiger partial charge in [-0.05, 0) is 57.9 Å². The van der Waals surface area contributed by atoms with Crippen molar-refractivity contribution in [3.63, 3.8) is 0 Å². The molecule has 0 saturated heterocycles. The molecule has 26 heavy (non-hydrogen) atoms. The van der Waals surface area contributed by atoms with Crippen molar-refractivity contribution in [1.29, 1.82) is 0 Å². The fraction of sp³-hybridized carbons (Fsp3) is 0.0526. The Kier molecular flexibility index (Phi) is 5.80. The molecule has 2 N–H and O–H groups in total. The van der Waals surface area contributed by atoms with Crippen molar-refractivity contribution >= 4 is 44.8 Å². The van der Waals surface area contributed by atoms with Crippen LogP contribution >= 0.6 is 27.3 Å². The summed E-state index contributed by atoms with van der Waals surface area (Å²) in [6, 6.07) is 16.8. The average molecular weight is 433 g/mol. The molecule has 0 bridgehead atoms. The molecule has 0 aliphatic rings. The van der Waals surface area contributed by atoms with Crippen molar-refractivity contribution in [1.82, 2.24) is 5.32 Å².